The summed E-state index contributed by atoms with van der Waals surface area (Å²) in [5, 5.41) is 13.7. The van der Waals surface area contributed by atoms with Gasteiger partial charge in [-0.1, -0.05) is 156 Å². The van der Waals surface area contributed by atoms with Crippen LogP contribution in [0.15, 0.2) is 97.2 Å². The number of rotatable bonds is 37. The van der Waals surface area contributed by atoms with Crippen molar-refractivity contribution in [1.82, 2.24) is 5.32 Å². The van der Waals surface area contributed by atoms with Crippen LogP contribution in [0.2, 0.25) is 0 Å². The molecule has 0 spiro atoms. The minimum atomic E-state index is -4.57. The zero-order valence-corrected chi connectivity index (χ0v) is 36.9. The van der Waals surface area contributed by atoms with Gasteiger partial charge in [0.1, 0.15) is 13.2 Å². The molecule has 2 N–H and O–H groups in total. The number of unbranched alkanes of at least 4 members (excludes halogenated alkanes) is 8. The predicted octanol–water partition coefficient (Wildman–Crippen LogP) is 11.3. The van der Waals surface area contributed by atoms with Crippen molar-refractivity contribution in [2.75, 3.05) is 40.9 Å². The summed E-state index contributed by atoms with van der Waals surface area (Å²) in [7, 11) is 1.25. The molecule has 0 radical (unpaired) electrons. The van der Waals surface area contributed by atoms with Crippen molar-refractivity contribution in [2.45, 2.75) is 154 Å². The van der Waals surface area contributed by atoms with Crippen molar-refractivity contribution in [2.24, 2.45) is 0 Å². The van der Waals surface area contributed by atoms with E-state index in [-0.39, 0.29) is 19.1 Å². The highest BCUT2D eigenvalue weighted by atomic mass is 31.2. The number of aliphatic hydroxyl groups excluding tert-OH is 1. The minimum absolute atomic E-state index is 0.00303. The Kier molecular flexibility index (Phi) is 36.2. The second kappa shape index (κ2) is 38.0. The fourth-order valence-electron chi connectivity index (χ4n) is 5.40. The van der Waals surface area contributed by atoms with Crippen LogP contribution < -0.4 is 10.2 Å². The van der Waals surface area contributed by atoms with Crippen LogP contribution in [-0.2, 0) is 18.4 Å². The number of hydrogen-bond donors (Lipinski definition) is 2. The first-order chi connectivity index (χ1) is 27.0. The van der Waals surface area contributed by atoms with Gasteiger partial charge in [-0.2, -0.15) is 0 Å². The maximum Gasteiger partial charge on any atom is 0.268 e. The molecule has 3 unspecified atom stereocenters. The zero-order chi connectivity index (χ0) is 41.4. The summed E-state index contributed by atoms with van der Waals surface area (Å²) in [5.74, 6) is -0.217. The van der Waals surface area contributed by atoms with Crippen LogP contribution in [0.3, 0.4) is 0 Å². The van der Waals surface area contributed by atoms with Crippen molar-refractivity contribution < 1.29 is 32.9 Å². The maximum atomic E-state index is 12.8. The van der Waals surface area contributed by atoms with Crippen LogP contribution in [0, 0.1) is 0 Å². The molecule has 0 aliphatic carbocycles. The van der Waals surface area contributed by atoms with Gasteiger partial charge in [-0.15, -0.1) is 0 Å². The minimum Gasteiger partial charge on any atom is -0.756 e. The third kappa shape index (κ3) is 39.6. The summed E-state index contributed by atoms with van der Waals surface area (Å²) in [5.41, 5.74) is 0. The largest absolute Gasteiger partial charge is 0.756 e. The number of phosphoric ester groups is 1. The fourth-order valence-corrected chi connectivity index (χ4v) is 6.13. The van der Waals surface area contributed by atoms with E-state index in [0.29, 0.717) is 30.3 Å². The molecular weight excluding hydrogens is 719 g/mol. The smallest absolute Gasteiger partial charge is 0.268 e. The molecule has 8 nitrogen and oxygen atoms in total. The molecule has 56 heavy (non-hydrogen) atoms. The molecule has 1 amide bonds. The first-order valence-corrected chi connectivity index (χ1v) is 23.0. The number of nitrogens with one attached hydrogen (secondary N) is 1. The molecule has 0 aromatic carbocycles. The number of hydrogen-bond acceptors (Lipinski definition) is 6. The SMILES string of the molecule is CC/C=C\C/C=C\C/C=C\C/C=C\C/C=C\C/C=C\C/C=C\C/C=C\CCCCC(=O)NC(COP(=O)([O-])OCC[N+](C)(C)C)C(O)CCCCCCCCC. The molecule has 0 bridgehead atoms. The lowest BCUT2D eigenvalue weighted by atomic mass is 10.0. The monoisotopic (exact) mass is 801 g/mol. The first kappa shape index (κ1) is 53.4. The average Bonchev–Trinajstić information content (AvgIpc) is 3.15. The van der Waals surface area contributed by atoms with Gasteiger partial charge in [0.2, 0.25) is 5.91 Å². The number of carbonyl (C=O) groups excluding carboxylic acids is 1. The van der Waals surface area contributed by atoms with E-state index in [9.17, 15) is 19.4 Å². The van der Waals surface area contributed by atoms with Crippen LogP contribution in [0.5, 0.6) is 0 Å². The Balaban J connectivity index is 4.31. The number of phosphoric acid groups is 1. The second-order valence-corrected chi connectivity index (χ2v) is 16.7. The summed E-state index contributed by atoms with van der Waals surface area (Å²) >= 11 is 0. The molecule has 0 aromatic heterocycles. The molecule has 0 aromatic rings. The Morgan fingerprint density at radius 3 is 1.55 bits per heavy atom. The summed E-state index contributed by atoms with van der Waals surface area (Å²) in [6.07, 6.45) is 53.0. The molecule has 9 heteroatoms. The van der Waals surface area contributed by atoms with Gasteiger partial charge in [0.15, 0.2) is 0 Å². The molecule has 3 atom stereocenters. The molecule has 320 valence electrons. The van der Waals surface area contributed by atoms with Gasteiger partial charge < -0.3 is 28.8 Å². The van der Waals surface area contributed by atoms with E-state index in [1.165, 1.54) is 25.7 Å². The standard InChI is InChI=1S/C47H81N2O6P/c1-6-8-10-12-14-15-16-17-18-19-20-21-22-23-24-25-26-27-28-29-30-31-32-33-35-37-39-41-47(51)48-45(46(50)40-38-36-34-13-11-9-7-2)44-55-56(52,53)54-43-42-49(3,4)5/h8,10,14-15,17-18,20-21,23-24,26-27,29-30,32-33,45-46,50H,6-7,9,11-13,16,19,22,25,28,31,34-44H2,1-5H3,(H-,48,51,52,53)/b10-8-,15-14-,18-17-,21-20-,24-23-,27-26-,30-29-,33-32-. The Labute approximate surface area is 343 Å². The van der Waals surface area contributed by atoms with Crippen LogP contribution in [-0.4, -0.2) is 68.5 Å². The highest BCUT2D eigenvalue weighted by Crippen LogP contribution is 2.38. The van der Waals surface area contributed by atoms with E-state index in [4.69, 9.17) is 9.05 Å². The number of quaternary nitrogens is 1. The molecule has 0 aliphatic heterocycles. The van der Waals surface area contributed by atoms with E-state index in [2.05, 4.69) is 116 Å². The lowest BCUT2D eigenvalue weighted by Gasteiger charge is -2.30. The van der Waals surface area contributed by atoms with E-state index in [1.54, 1.807) is 0 Å². The van der Waals surface area contributed by atoms with E-state index >= 15 is 0 Å². The van der Waals surface area contributed by atoms with Crippen molar-refractivity contribution in [3.05, 3.63) is 97.2 Å². The van der Waals surface area contributed by atoms with Crippen molar-refractivity contribution in [1.29, 1.82) is 0 Å². The molecule has 0 fully saturated rings. The maximum absolute atomic E-state index is 12.8. The predicted molar refractivity (Wildman–Crippen MR) is 237 cm³/mol. The van der Waals surface area contributed by atoms with Gasteiger partial charge in [0, 0.05) is 6.42 Å². The third-order valence-electron chi connectivity index (χ3n) is 8.84. The number of aliphatic hydroxyl groups is 1. The number of likely N-dealkylation sites (N-methyl/N-ethyl adjacent to an activating group) is 1. The number of nitrogens with zero attached hydrogens (tertiary/aromatic N) is 1. The molecule has 0 saturated heterocycles. The van der Waals surface area contributed by atoms with Gasteiger partial charge in [0.25, 0.3) is 7.82 Å². The number of allylic oxidation sites excluding steroid dienone is 16. The second-order valence-electron chi connectivity index (χ2n) is 15.3. The quantitative estimate of drug-likeness (QED) is 0.0280. The Hall–Kier alpha value is -2.58. The number of amides is 1. The molecular formula is C47H81N2O6P. The zero-order valence-electron chi connectivity index (χ0n) is 36.0. The van der Waals surface area contributed by atoms with E-state index < -0.39 is 20.0 Å². The molecule has 0 aliphatic rings. The van der Waals surface area contributed by atoms with E-state index in [1.807, 2.05) is 21.1 Å². The summed E-state index contributed by atoms with van der Waals surface area (Å²) < 4.78 is 23.1. The molecule has 0 rings (SSSR count). The lowest BCUT2D eigenvalue weighted by Crippen LogP contribution is -2.46. The first-order valence-electron chi connectivity index (χ1n) is 21.6. The van der Waals surface area contributed by atoms with Crippen LogP contribution in [0.4, 0.5) is 0 Å². The van der Waals surface area contributed by atoms with Gasteiger partial charge in [-0.05, 0) is 77.0 Å². The van der Waals surface area contributed by atoms with Crippen LogP contribution in [0.25, 0.3) is 0 Å². The average molecular weight is 801 g/mol. The van der Waals surface area contributed by atoms with Crippen LogP contribution in [0.1, 0.15) is 142 Å². The molecule has 0 heterocycles. The lowest BCUT2D eigenvalue weighted by molar-refractivity contribution is -0.870. The fraction of sp³-hybridized carbons (Fsp3) is 0.638. The van der Waals surface area contributed by atoms with Crippen molar-refractivity contribution in [3.8, 4) is 0 Å². The van der Waals surface area contributed by atoms with Crippen molar-refractivity contribution >= 4 is 13.7 Å². The summed E-state index contributed by atoms with van der Waals surface area (Å²) in [6, 6.07) is -0.827. The van der Waals surface area contributed by atoms with Gasteiger partial charge in [-0.3, -0.25) is 9.36 Å². The Morgan fingerprint density at radius 1 is 0.643 bits per heavy atom. The van der Waals surface area contributed by atoms with E-state index in [0.717, 1.165) is 83.5 Å². The summed E-state index contributed by atoms with van der Waals surface area (Å²) in [4.78, 5) is 25.2. The number of carbonyl (C=O) groups is 1. The van der Waals surface area contributed by atoms with Gasteiger partial charge in [-0.25, -0.2) is 0 Å². The Morgan fingerprint density at radius 2 is 1.09 bits per heavy atom. The van der Waals surface area contributed by atoms with Gasteiger partial charge >= 0.3 is 0 Å². The molecule has 0 saturated carbocycles. The highest BCUT2D eigenvalue weighted by molar-refractivity contribution is 7.45. The topological polar surface area (TPSA) is 108 Å². The third-order valence-corrected chi connectivity index (χ3v) is 9.80. The normalized spacial score (nSPS) is 15.3. The Bertz CT molecular complexity index is 1230. The highest BCUT2D eigenvalue weighted by Gasteiger charge is 2.24. The van der Waals surface area contributed by atoms with Crippen molar-refractivity contribution in [3.63, 3.8) is 0 Å². The summed E-state index contributed by atoms with van der Waals surface area (Å²) in [6.45, 7) is 4.48. The van der Waals surface area contributed by atoms with Gasteiger partial charge in [0.05, 0.1) is 39.9 Å². The van der Waals surface area contributed by atoms with Crippen LogP contribution >= 0.6 is 7.82 Å².